The molecule has 7 atom stereocenters. The first-order valence-electron chi connectivity index (χ1n) is 25.7. The maximum Gasteiger partial charge on any atom is 0.486 e. The van der Waals surface area contributed by atoms with Gasteiger partial charge in [0.1, 0.15) is 46.7 Å². The number of esters is 1. The lowest BCUT2D eigenvalue weighted by molar-refractivity contribution is -0.161. The summed E-state index contributed by atoms with van der Waals surface area (Å²) in [4.78, 5) is 65.8. The van der Waals surface area contributed by atoms with Gasteiger partial charge in [-0.05, 0) is 152 Å². The maximum absolute atomic E-state index is 14.9. The van der Waals surface area contributed by atoms with Crippen molar-refractivity contribution < 1.29 is 47.4 Å². The van der Waals surface area contributed by atoms with Crippen LogP contribution >= 0.6 is 15.9 Å². The Bertz CT molecular complexity index is 2200. The van der Waals surface area contributed by atoms with E-state index in [-0.39, 0.29) is 61.7 Å². The van der Waals surface area contributed by atoms with Crippen molar-refractivity contribution in [1.29, 1.82) is 0 Å². The zero-order valence-electron chi connectivity index (χ0n) is 41.3. The van der Waals surface area contributed by atoms with Crippen LogP contribution in [0, 0.1) is 11.8 Å². The van der Waals surface area contributed by atoms with Gasteiger partial charge in [0.25, 0.3) is 0 Å². The van der Waals surface area contributed by atoms with Crippen LogP contribution in [0.2, 0.25) is 0 Å². The molecule has 3 saturated heterocycles. The topological polar surface area (TPSA) is 167 Å². The molecule has 5 heterocycles. The second-order valence-electron chi connectivity index (χ2n) is 20.8. The Morgan fingerprint density at radius 1 is 1.01 bits per heavy atom. The summed E-state index contributed by atoms with van der Waals surface area (Å²) in [6, 6.07) is 5.76. The third kappa shape index (κ3) is 12.1. The lowest BCUT2D eigenvalue weighted by atomic mass is 9.66. The first kappa shape index (κ1) is 51.2. The van der Waals surface area contributed by atoms with Crippen molar-refractivity contribution in [2.45, 2.75) is 172 Å². The summed E-state index contributed by atoms with van der Waals surface area (Å²) < 4.78 is 37.3. The standard InChI is InChI=1S/C52H73BBrN5O10/c1-6-64-48(62)52-26-25-36(52)21-13-8-7-9-14-24-40(56-49(63)67-42-32-35(42)20-12-10-17-27-53-68-50(2,3)51(4,5)69-53)47(61)59-34-37(33-41(59)45(60)57-52)66-46-43(54)44(38-22-15-16-23-39(38)55-46)65-31-30-58-28-18-11-19-29-58/h13,15-17,21-23,27,35-37,40-42H,6-12,14,18-20,24-26,28-34H2,1-5H3,(H,56,63)(H,57,60). The Hall–Kier alpha value is -4.19. The van der Waals surface area contributed by atoms with Crippen LogP contribution in [0.15, 0.2) is 52.9 Å². The number of fused-ring (bicyclic) bond motifs is 3. The first-order valence-corrected chi connectivity index (χ1v) is 26.5. The molecule has 69 heavy (non-hydrogen) atoms. The fourth-order valence-corrected chi connectivity index (χ4v) is 10.9. The summed E-state index contributed by atoms with van der Waals surface area (Å²) in [7, 11) is -0.375. The Morgan fingerprint density at radius 2 is 1.78 bits per heavy atom. The number of alkyl carbamates (subject to hydrolysis) is 1. The van der Waals surface area contributed by atoms with Crippen LogP contribution in [-0.2, 0) is 33.2 Å². The monoisotopic (exact) mass is 1020 g/mol. The van der Waals surface area contributed by atoms with E-state index in [1.54, 1.807) is 6.92 Å². The van der Waals surface area contributed by atoms with Crippen LogP contribution in [0.1, 0.15) is 131 Å². The molecule has 376 valence electrons. The molecule has 2 aromatic rings. The van der Waals surface area contributed by atoms with Crippen molar-refractivity contribution in [3.05, 3.63) is 52.9 Å². The van der Waals surface area contributed by atoms with E-state index in [0.717, 1.165) is 70.0 Å². The summed E-state index contributed by atoms with van der Waals surface area (Å²) in [5.41, 5.74) is -1.34. The van der Waals surface area contributed by atoms with Crippen molar-refractivity contribution in [2.24, 2.45) is 11.8 Å². The van der Waals surface area contributed by atoms with E-state index >= 15 is 0 Å². The number of allylic oxidation sites excluding steroid dienone is 2. The first-order chi connectivity index (χ1) is 33.2. The fraction of sp³-hybridized carbons (Fsp3) is 0.673. The predicted molar refractivity (Wildman–Crippen MR) is 267 cm³/mol. The van der Waals surface area contributed by atoms with Crippen LogP contribution in [0.3, 0.4) is 0 Å². The molecule has 8 rings (SSSR count). The van der Waals surface area contributed by atoms with Gasteiger partial charge in [0, 0.05) is 24.3 Å². The van der Waals surface area contributed by atoms with E-state index in [2.05, 4.69) is 43.6 Å². The summed E-state index contributed by atoms with van der Waals surface area (Å²) in [5, 5.41) is 6.86. The lowest BCUT2D eigenvalue weighted by Crippen LogP contribution is -2.67. The summed E-state index contributed by atoms with van der Waals surface area (Å²) in [6.45, 7) is 13.5. The number of para-hydroxylation sites is 1. The number of likely N-dealkylation sites (tertiary alicyclic amines) is 1. The predicted octanol–water partition coefficient (Wildman–Crippen LogP) is 8.40. The van der Waals surface area contributed by atoms with E-state index < -0.39 is 47.6 Å². The molecule has 15 nitrogen and oxygen atoms in total. The number of carbonyl (C=O) groups is 4. The smallest absolute Gasteiger partial charge is 0.486 e. The van der Waals surface area contributed by atoms with Gasteiger partial charge in [-0.25, -0.2) is 14.6 Å². The Morgan fingerprint density at radius 3 is 2.54 bits per heavy atom. The zero-order valence-corrected chi connectivity index (χ0v) is 42.9. The Labute approximate surface area is 416 Å². The van der Waals surface area contributed by atoms with Crippen LogP contribution in [0.5, 0.6) is 11.6 Å². The van der Waals surface area contributed by atoms with Crippen LogP contribution in [-0.4, -0.2) is 126 Å². The number of halogens is 1. The lowest BCUT2D eigenvalue weighted by Gasteiger charge is -2.47. The van der Waals surface area contributed by atoms with E-state index in [1.807, 2.05) is 64.0 Å². The van der Waals surface area contributed by atoms with Gasteiger partial charge < -0.3 is 43.8 Å². The number of carbonyl (C=O) groups excluding carboxylic acids is 4. The van der Waals surface area contributed by atoms with Crippen molar-refractivity contribution in [3.8, 4) is 11.6 Å². The molecular weight excluding hydrogens is 945 g/mol. The molecular formula is C52H73BBrN5O10. The number of hydrogen-bond acceptors (Lipinski definition) is 12. The summed E-state index contributed by atoms with van der Waals surface area (Å²) in [6.07, 6.45) is 16.5. The Balaban J connectivity index is 0.965. The molecule has 2 aliphatic carbocycles. The molecule has 3 amide bonds. The third-order valence-corrected chi connectivity index (χ3v) is 16.1. The summed E-state index contributed by atoms with van der Waals surface area (Å²) >= 11 is 3.77. The number of hydrogen-bond donors (Lipinski definition) is 2. The molecule has 5 fully saturated rings. The van der Waals surface area contributed by atoms with Crippen molar-refractivity contribution in [3.63, 3.8) is 0 Å². The van der Waals surface area contributed by atoms with E-state index in [4.69, 9.17) is 33.2 Å². The normalized spacial score (nSPS) is 29.3. The molecule has 17 heteroatoms. The second kappa shape index (κ2) is 22.5. The number of amides is 3. The van der Waals surface area contributed by atoms with Crippen molar-refractivity contribution in [2.75, 3.05) is 39.4 Å². The maximum atomic E-state index is 14.9. The van der Waals surface area contributed by atoms with Gasteiger partial charge in [-0.15, -0.1) is 0 Å². The quantitative estimate of drug-likeness (QED) is 0.0759. The highest BCUT2D eigenvalue weighted by Gasteiger charge is 2.56. The van der Waals surface area contributed by atoms with Gasteiger partial charge in [0.05, 0.1) is 29.9 Å². The molecule has 2 saturated carbocycles. The Kier molecular flexibility index (Phi) is 16.7. The minimum Gasteiger partial charge on any atom is -0.490 e. The highest BCUT2D eigenvalue weighted by molar-refractivity contribution is 9.10. The highest BCUT2D eigenvalue weighted by atomic mass is 79.9. The van der Waals surface area contributed by atoms with E-state index in [1.165, 1.54) is 24.2 Å². The molecule has 6 aliphatic rings. The zero-order chi connectivity index (χ0) is 48.8. The van der Waals surface area contributed by atoms with Crippen molar-refractivity contribution >= 4 is 57.8 Å². The highest BCUT2D eigenvalue weighted by Crippen LogP contribution is 2.44. The summed E-state index contributed by atoms with van der Waals surface area (Å²) in [5.74, 6) is 1.50. The number of rotatable bonds is 15. The molecule has 7 unspecified atom stereocenters. The van der Waals surface area contributed by atoms with Gasteiger partial charge in [-0.2, -0.15) is 0 Å². The van der Waals surface area contributed by atoms with Gasteiger partial charge >= 0.3 is 19.2 Å². The van der Waals surface area contributed by atoms with Crippen LogP contribution < -0.4 is 20.1 Å². The van der Waals surface area contributed by atoms with Gasteiger partial charge in [-0.1, -0.05) is 55.6 Å². The average molecular weight is 1020 g/mol. The van der Waals surface area contributed by atoms with Crippen LogP contribution in [0.4, 0.5) is 4.79 Å². The number of piperidine rings is 1. The minimum absolute atomic E-state index is 0.0413. The number of unbranched alkanes of at least 4 members (excludes halogenated alkanes) is 1. The SMILES string of the molecule is CCOC(=O)C12CCC1C=CCCCCCC(NC(=O)OC1CC1CCCC=CB1OC(C)(C)C(C)(C)O1)C(=O)N1CC(Oc3nc4ccccc4c(OCCN4CCCCC4)c3Br)CC1C(=O)N2. The van der Waals surface area contributed by atoms with Crippen molar-refractivity contribution in [1.82, 2.24) is 25.4 Å². The molecule has 0 radical (unpaired) electrons. The minimum atomic E-state index is -1.26. The average Bonchev–Trinajstić information content (AvgIpc) is 3.83. The number of benzene rings is 1. The molecule has 2 N–H and O–H groups in total. The number of nitrogens with zero attached hydrogens (tertiary/aromatic N) is 3. The molecule has 4 aliphatic heterocycles. The fourth-order valence-electron chi connectivity index (χ4n) is 10.4. The third-order valence-electron chi connectivity index (χ3n) is 15.4. The van der Waals surface area contributed by atoms with Gasteiger partial charge in [0.2, 0.25) is 17.7 Å². The number of nitrogens with one attached hydrogen (secondary N) is 2. The van der Waals surface area contributed by atoms with Gasteiger partial charge in [0.15, 0.2) is 0 Å². The molecule has 1 aromatic heterocycles. The van der Waals surface area contributed by atoms with E-state index in [0.29, 0.717) is 48.0 Å². The molecule has 0 spiro atoms. The second-order valence-corrected chi connectivity index (χ2v) is 21.6. The number of ether oxygens (including phenoxy) is 4. The van der Waals surface area contributed by atoms with E-state index in [9.17, 15) is 19.2 Å². The number of aromatic nitrogens is 1. The largest absolute Gasteiger partial charge is 0.490 e. The molecule has 1 aromatic carbocycles. The number of pyridine rings is 1. The van der Waals surface area contributed by atoms with Gasteiger partial charge in [-0.3, -0.25) is 14.5 Å². The molecule has 0 bridgehead atoms. The van der Waals surface area contributed by atoms with Crippen LogP contribution in [0.25, 0.3) is 10.9 Å².